The second-order valence-corrected chi connectivity index (χ2v) is 3.57. The Morgan fingerprint density at radius 2 is 1.29 bits per heavy atom. The zero-order valence-electron chi connectivity index (χ0n) is 9.08. The van der Waals surface area contributed by atoms with Gasteiger partial charge in [0.15, 0.2) is 0 Å². The highest BCUT2D eigenvalue weighted by Crippen LogP contribution is 2.33. The lowest BCUT2D eigenvalue weighted by atomic mass is 9.99. The van der Waals surface area contributed by atoms with E-state index in [1.807, 2.05) is 0 Å². The van der Waals surface area contributed by atoms with Crippen molar-refractivity contribution in [1.29, 1.82) is 0 Å². The second-order valence-electron chi connectivity index (χ2n) is 3.57. The van der Waals surface area contributed by atoms with Gasteiger partial charge in [-0.2, -0.15) is 26.3 Å². The van der Waals surface area contributed by atoms with Gasteiger partial charge in [0.1, 0.15) is 0 Å². The Balaban J connectivity index is 4.74. The molecular formula is C10H13F7. The van der Waals surface area contributed by atoms with Crippen molar-refractivity contribution in [3.8, 4) is 0 Å². The van der Waals surface area contributed by atoms with E-state index in [-0.39, 0.29) is 6.42 Å². The molecule has 0 nitrogen and oxygen atoms in total. The van der Waals surface area contributed by atoms with E-state index in [0.717, 1.165) is 0 Å². The van der Waals surface area contributed by atoms with Crippen molar-refractivity contribution in [3.05, 3.63) is 12.2 Å². The molecule has 0 aliphatic carbocycles. The first-order chi connectivity index (χ1) is 7.62. The topological polar surface area (TPSA) is 0 Å². The average molecular weight is 266 g/mol. The summed E-state index contributed by atoms with van der Waals surface area (Å²) >= 11 is 0. The van der Waals surface area contributed by atoms with Gasteiger partial charge in [0.2, 0.25) is 0 Å². The number of allylic oxidation sites excluding steroid dienone is 2. The molecule has 0 spiro atoms. The smallest absolute Gasteiger partial charge is 0.251 e. The van der Waals surface area contributed by atoms with Crippen LogP contribution in [0.2, 0.25) is 0 Å². The zero-order valence-corrected chi connectivity index (χ0v) is 9.08. The Labute approximate surface area is 94.5 Å². The standard InChI is InChI=1S/C10H13F7/c1-2-7(9(12,13)14)3-4-8(5-6-11)10(15,16)17/h3-4,7-8H,2,5-6H2,1H3. The van der Waals surface area contributed by atoms with E-state index >= 15 is 0 Å². The third kappa shape index (κ3) is 5.93. The van der Waals surface area contributed by atoms with Crippen LogP contribution in [0.25, 0.3) is 0 Å². The molecule has 0 aromatic heterocycles. The third-order valence-corrected chi connectivity index (χ3v) is 2.28. The van der Waals surface area contributed by atoms with Crippen LogP contribution in [0.3, 0.4) is 0 Å². The normalized spacial score (nSPS) is 17.4. The molecule has 102 valence electrons. The highest BCUT2D eigenvalue weighted by atomic mass is 19.4. The Morgan fingerprint density at radius 3 is 1.59 bits per heavy atom. The maximum atomic E-state index is 12.3. The van der Waals surface area contributed by atoms with Crippen molar-refractivity contribution in [2.75, 3.05) is 6.67 Å². The quantitative estimate of drug-likeness (QED) is 0.501. The van der Waals surface area contributed by atoms with Crippen LogP contribution in [0.4, 0.5) is 30.7 Å². The third-order valence-electron chi connectivity index (χ3n) is 2.28. The van der Waals surface area contributed by atoms with Gasteiger partial charge in [-0.05, 0) is 12.8 Å². The molecule has 0 aromatic carbocycles. The van der Waals surface area contributed by atoms with Crippen molar-refractivity contribution >= 4 is 0 Å². The van der Waals surface area contributed by atoms with Crippen LogP contribution in [0, 0.1) is 11.8 Å². The summed E-state index contributed by atoms with van der Waals surface area (Å²) in [6, 6.07) is 0. The molecule has 0 bridgehead atoms. The molecule has 0 N–H and O–H groups in total. The van der Waals surface area contributed by atoms with E-state index in [9.17, 15) is 30.7 Å². The summed E-state index contributed by atoms with van der Waals surface area (Å²) in [5.41, 5.74) is 0. The van der Waals surface area contributed by atoms with E-state index < -0.39 is 37.3 Å². The van der Waals surface area contributed by atoms with E-state index in [1.165, 1.54) is 6.92 Å². The van der Waals surface area contributed by atoms with Gasteiger partial charge in [-0.1, -0.05) is 19.1 Å². The molecule has 17 heavy (non-hydrogen) atoms. The minimum Gasteiger partial charge on any atom is -0.251 e. The lowest BCUT2D eigenvalue weighted by Crippen LogP contribution is -2.24. The Bertz CT molecular complexity index is 238. The molecule has 0 radical (unpaired) electrons. The summed E-state index contributed by atoms with van der Waals surface area (Å²) in [5, 5.41) is 0. The van der Waals surface area contributed by atoms with Crippen molar-refractivity contribution < 1.29 is 30.7 Å². The Morgan fingerprint density at radius 1 is 0.882 bits per heavy atom. The van der Waals surface area contributed by atoms with Gasteiger partial charge in [0, 0.05) is 0 Å². The minimum absolute atomic E-state index is 0.347. The molecule has 7 heteroatoms. The van der Waals surface area contributed by atoms with Crippen LogP contribution in [0.15, 0.2) is 12.2 Å². The predicted molar refractivity (Wildman–Crippen MR) is 49.1 cm³/mol. The molecular weight excluding hydrogens is 253 g/mol. The lowest BCUT2D eigenvalue weighted by Gasteiger charge is -2.18. The molecule has 2 atom stereocenters. The summed E-state index contributed by atoms with van der Waals surface area (Å²) in [7, 11) is 0. The van der Waals surface area contributed by atoms with Crippen LogP contribution >= 0.6 is 0 Å². The molecule has 0 aromatic rings. The molecule has 0 amide bonds. The molecule has 0 saturated heterocycles. The number of hydrogen-bond acceptors (Lipinski definition) is 0. The summed E-state index contributed by atoms with van der Waals surface area (Å²) in [6.45, 7) is -0.00241. The van der Waals surface area contributed by atoms with Crippen LogP contribution < -0.4 is 0 Å². The van der Waals surface area contributed by atoms with E-state index in [0.29, 0.717) is 12.2 Å². The van der Waals surface area contributed by atoms with Crippen LogP contribution in [-0.4, -0.2) is 19.0 Å². The first-order valence-electron chi connectivity index (χ1n) is 5.00. The fraction of sp³-hybridized carbons (Fsp3) is 0.800. The van der Waals surface area contributed by atoms with Gasteiger partial charge in [0.25, 0.3) is 0 Å². The largest absolute Gasteiger partial charge is 0.395 e. The molecule has 0 aliphatic heterocycles. The number of rotatable bonds is 5. The number of hydrogen-bond donors (Lipinski definition) is 0. The average Bonchev–Trinajstić information content (AvgIpc) is 2.13. The maximum Gasteiger partial charge on any atom is 0.395 e. The van der Waals surface area contributed by atoms with Gasteiger partial charge in [-0.25, -0.2) is 0 Å². The minimum atomic E-state index is -4.72. The van der Waals surface area contributed by atoms with Gasteiger partial charge in [-0.15, -0.1) is 0 Å². The Kier molecular flexibility index (Phi) is 5.98. The maximum absolute atomic E-state index is 12.3. The molecule has 0 rings (SSSR count). The van der Waals surface area contributed by atoms with E-state index in [2.05, 4.69) is 0 Å². The van der Waals surface area contributed by atoms with E-state index in [4.69, 9.17) is 0 Å². The van der Waals surface area contributed by atoms with Gasteiger partial charge < -0.3 is 0 Å². The first kappa shape index (κ1) is 16.2. The molecule has 0 heterocycles. The van der Waals surface area contributed by atoms with Gasteiger partial charge >= 0.3 is 12.4 Å². The fourth-order valence-corrected chi connectivity index (χ4v) is 1.23. The molecule has 0 fully saturated rings. The number of halogens is 7. The predicted octanol–water partition coefficient (Wildman–Crippen LogP) is 4.67. The fourth-order valence-electron chi connectivity index (χ4n) is 1.23. The highest BCUT2D eigenvalue weighted by Gasteiger charge is 2.40. The van der Waals surface area contributed by atoms with E-state index in [1.54, 1.807) is 0 Å². The van der Waals surface area contributed by atoms with Gasteiger partial charge in [-0.3, -0.25) is 4.39 Å². The number of alkyl halides is 7. The van der Waals surface area contributed by atoms with Crippen molar-refractivity contribution in [2.24, 2.45) is 11.8 Å². The molecule has 0 aliphatic rings. The molecule has 2 unspecified atom stereocenters. The van der Waals surface area contributed by atoms with Crippen LogP contribution in [-0.2, 0) is 0 Å². The zero-order chi connectivity index (χ0) is 13.7. The van der Waals surface area contributed by atoms with Gasteiger partial charge in [0.05, 0.1) is 18.5 Å². The monoisotopic (exact) mass is 266 g/mol. The first-order valence-corrected chi connectivity index (χ1v) is 5.00. The summed E-state index contributed by atoms with van der Waals surface area (Å²) in [6.07, 6.45) is -9.62. The lowest BCUT2D eigenvalue weighted by molar-refractivity contribution is -0.168. The Hall–Kier alpha value is -0.750. The summed E-state index contributed by atoms with van der Waals surface area (Å²) < 4.78 is 85.4. The second kappa shape index (κ2) is 6.26. The van der Waals surface area contributed by atoms with Crippen LogP contribution in [0.5, 0.6) is 0 Å². The summed E-state index contributed by atoms with van der Waals surface area (Å²) in [4.78, 5) is 0. The van der Waals surface area contributed by atoms with Crippen molar-refractivity contribution in [2.45, 2.75) is 32.1 Å². The van der Waals surface area contributed by atoms with Crippen molar-refractivity contribution in [1.82, 2.24) is 0 Å². The highest BCUT2D eigenvalue weighted by molar-refractivity contribution is 4.97. The van der Waals surface area contributed by atoms with Crippen LogP contribution in [0.1, 0.15) is 19.8 Å². The molecule has 0 saturated carbocycles. The SMILES string of the molecule is CCC(C=CC(CCF)C(F)(F)F)C(F)(F)F. The van der Waals surface area contributed by atoms with Crippen molar-refractivity contribution in [3.63, 3.8) is 0 Å². The summed E-state index contributed by atoms with van der Waals surface area (Å²) in [5.74, 6) is -4.09.